The third kappa shape index (κ3) is 4.88. The molecule has 0 fully saturated rings. The summed E-state index contributed by atoms with van der Waals surface area (Å²) in [5.41, 5.74) is -0.235. The average molecular weight is 187 g/mol. The van der Waals surface area contributed by atoms with E-state index in [4.69, 9.17) is 5.11 Å². The molecule has 0 rings (SSSR count). The van der Waals surface area contributed by atoms with Crippen molar-refractivity contribution in [2.24, 2.45) is 0 Å². The molecular weight excluding hydrogens is 166 g/mol. The average Bonchev–Trinajstić information content (AvgIpc) is 2.05. The maximum Gasteiger partial charge on any atom is 0.220 e. The van der Waals surface area contributed by atoms with Crippen LogP contribution in [0.3, 0.4) is 0 Å². The number of carbonyl (C=O) groups is 1. The van der Waals surface area contributed by atoms with Crippen molar-refractivity contribution in [3.8, 4) is 0 Å². The second kappa shape index (κ2) is 5.97. The summed E-state index contributed by atoms with van der Waals surface area (Å²) in [7, 11) is 0. The molecule has 78 valence electrons. The number of amides is 1. The van der Waals surface area contributed by atoms with Crippen LogP contribution < -0.4 is 5.32 Å². The molecule has 0 aliphatic heterocycles. The topological polar surface area (TPSA) is 49.3 Å². The number of rotatable bonds is 6. The molecular formula is C10H21NO2. The summed E-state index contributed by atoms with van der Waals surface area (Å²) in [6.45, 7) is 6.09. The van der Waals surface area contributed by atoms with Gasteiger partial charge in [0.15, 0.2) is 0 Å². The Labute approximate surface area is 80.5 Å². The van der Waals surface area contributed by atoms with Crippen LogP contribution in [0.25, 0.3) is 0 Å². The van der Waals surface area contributed by atoms with E-state index in [9.17, 15) is 4.79 Å². The molecule has 0 saturated heterocycles. The molecule has 0 heterocycles. The Morgan fingerprint density at radius 3 is 2.46 bits per heavy atom. The molecule has 1 unspecified atom stereocenters. The van der Waals surface area contributed by atoms with Crippen LogP contribution in [0.5, 0.6) is 0 Å². The highest BCUT2D eigenvalue weighted by molar-refractivity contribution is 5.76. The van der Waals surface area contributed by atoms with Gasteiger partial charge in [0.25, 0.3) is 0 Å². The summed E-state index contributed by atoms with van der Waals surface area (Å²) in [6.07, 6.45) is 2.91. The largest absolute Gasteiger partial charge is 0.396 e. The first-order valence-corrected chi connectivity index (χ1v) is 5.00. The number of carbonyl (C=O) groups excluding carboxylic acids is 1. The summed E-state index contributed by atoms with van der Waals surface area (Å²) in [6, 6.07) is 0. The zero-order valence-corrected chi connectivity index (χ0v) is 8.89. The maximum atomic E-state index is 11.3. The molecule has 2 N–H and O–H groups in total. The van der Waals surface area contributed by atoms with Gasteiger partial charge in [-0.3, -0.25) is 4.79 Å². The number of aliphatic hydroxyl groups excluding tert-OH is 1. The summed E-state index contributed by atoms with van der Waals surface area (Å²) < 4.78 is 0. The van der Waals surface area contributed by atoms with Gasteiger partial charge in [0.05, 0.1) is 0 Å². The van der Waals surface area contributed by atoms with Gasteiger partial charge >= 0.3 is 0 Å². The molecule has 0 radical (unpaired) electrons. The third-order valence-electron chi connectivity index (χ3n) is 2.36. The Balaban J connectivity index is 4.02. The standard InChI is InChI=1S/C10H21NO2/c1-4-6-9(13)11-10(3,5-2)7-8-12/h12H,4-8H2,1-3H3,(H,11,13). The van der Waals surface area contributed by atoms with E-state index in [1.54, 1.807) is 0 Å². The molecule has 0 aliphatic rings. The van der Waals surface area contributed by atoms with E-state index in [2.05, 4.69) is 5.32 Å². The van der Waals surface area contributed by atoms with Crippen LogP contribution in [0, 0.1) is 0 Å². The van der Waals surface area contributed by atoms with Crippen molar-refractivity contribution in [2.75, 3.05) is 6.61 Å². The quantitative estimate of drug-likeness (QED) is 0.661. The molecule has 0 saturated carbocycles. The molecule has 1 amide bonds. The van der Waals surface area contributed by atoms with Crippen LogP contribution in [0.2, 0.25) is 0 Å². The SMILES string of the molecule is CCCC(=O)NC(C)(CC)CCO. The fourth-order valence-corrected chi connectivity index (χ4v) is 1.20. The lowest BCUT2D eigenvalue weighted by molar-refractivity contribution is -0.123. The Kier molecular flexibility index (Phi) is 5.71. The Hall–Kier alpha value is -0.570. The summed E-state index contributed by atoms with van der Waals surface area (Å²) in [5, 5.41) is 11.8. The predicted molar refractivity (Wildman–Crippen MR) is 53.4 cm³/mol. The molecule has 3 nitrogen and oxygen atoms in total. The second-order valence-electron chi connectivity index (χ2n) is 3.69. The minimum absolute atomic E-state index is 0.0836. The molecule has 0 spiro atoms. The smallest absolute Gasteiger partial charge is 0.220 e. The van der Waals surface area contributed by atoms with Crippen molar-refractivity contribution in [3.63, 3.8) is 0 Å². The minimum atomic E-state index is -0.235. The number of nitrogens with one attached hydrogen (secondary N) is 1. The lowest BCUT2D eigenvalue weighted by atomic mass is 9.94. The van der Waals surface area contributed by atoms with Gasteiger partial charge in [-0.05, 0) is 26.2 Å². The van der Waals surface area contributed by atoms with E-state index in [1.807, 2.05) is 20.8 Å². The van der Waals surface area contributed by atoms with Crippen molar-refractivity contribution in [3.05, 3.63) is 0 Å². The van der Waals surface area contributed by atoms with Crippen molar-refractivity contribution >= 4 is 5.91 Å². The van der Waals surface area contributed by atoms with Gasteiger partial charge in [0.1, 0.15) is 0 Å². The number of aliphatic hydroxyl groups is 1. The molecule has 0 aromatic heterocycles. The normalized spacial score (nSPS) is 15.1. The molecule has 0 aromatic carbocycles. The van der Waals surface area contributed by atoms with Crippen LogP contribution in [0.4, 0.5) is 0 Å². The summed E-state index contributed by atoms with van der Waals surface area (Å²) >= 11 is 0. The highest BCUT2D eigenvalue weighted by Crippen LogP contribution is 2.13. The predicted octanol–water partition coefficient (Wildman–Crippen LogP) is 1.45. The fourth-order valence-electron chi connectivity index (χ4n) is 1.20. The summed E-state index contributed by atoms with van der Waals surface area (Å²) in [5.74, 6) is 0.0836. The van der Waals surface area contributed by atoms with Crippen molar-refractivity contribution in [1.82, 2.24) is 5.32 Å². The first kappa shape index (κ1) is 12.4. The zero-order valence-electron chi connectivity index (χ0n) is 8.89. The van der Waals surface area contributed by atoms with E-state index in [0.717, 1.165) is 12.8 Å². The molecule has 3 heteroatoms. The van der Waals surface area contributed by atoms with Crippen molar-refractivity contribution in [1.29, 1.82) is 0 Å². The molecule has 1 atom stereocenters. The fraction of sp³-hybridized carbons (Fsp3) is 0.900. The van der Waals surface area contributed by atoms with Gasteiger partial charge in [-0.15, -0.1) is 0 Å². The molecule has 0 aromatic rings. The number of hydrogen-bond acceptors (Lipinski definition) is 2. The Morgan fingerprint density at radius 2 is 2.08 bits per heavy atom. The summed E-state index contributed by atoms with van der Waals surface area (Å²) in [4.78, 5) is 11.3. The van der Waals surface area contributed by atoms with Gasteiger partial charge in [-0.2, -0.15) is 0 Å². The minimum Gasteiger partial charge on any atom is -0.396 e. The lowest BCUT2D eigenvalue weighted by Gasteiger charge is -2.28. The first-order valence-electron chi connectivity index (χ1n) is 5.00. The van der Waals surface area contributed by atoms with Crippen molar-refractivity contribution in [2.45, 2.75) is 52.0 Å². The van der Waals surface area contributed by atoms with Crippen LogP contribution in [-0.2, 0) is 4.79 Å². The van der Waals surface area contributed by atoms with Gasteiger partial charge in [-0.1, -0.05) is 13.8 Å². The van der Waals surface area contributed by atoms with Gasteiger partial charge in [-0.25, -0.2) is 0 Å². The van der Waals surface area contributed by atoms with E-state index < -0.39 is 0 Å². The van der Waals surface area contributed by atoms with Crippen molar-refractivity contribution < 1.29 is 9.90 Å². The maximum absolute atomic E-state index is 11.3. The Morgan fingerprint density at radius 1 is 1.46 bits per heavy atom. The lowest BCUT2D eigenvalue weighted by Crippen LogP contribution is -2.46. The van der Waals surface area contributed by atoms with Crippen LogP contribution >= 0.6 is 0 Å². The van der Waals surface area contributed by atoms with E-state index >= 15 is 0 Å². The third-order valence-corrected chi connectivity index (χ3v) is 2.36. The van der Waals surface area contributed by atoms with Gasteiger partial charge in [0, 0.05) is 18.6 Å². The molecule has 0 aliphatic carbocycles. The van der Waals surface area contributed by atoms with E-state index in [-0.39, 0.29) is 18.1 Å². The highest BCUT2D eigenvalue weighted by atomic mass is 16.3. The van der Waals surface area contributed by atoms with Gasteiger partial charge < -0.3 is 10.4 Å². The monoisotopic (exact) mass is 187 g/mol. The van der Waals surface area contributed by atoms with Crippen LogP contribution in [0.15, 0.2) is 0 Å². The molecule has 0 bridgehead atoms. The van der Waals surface area contributed by atoms with Crippen LogP contribution in [-0.4, -0.2) is 23.2 Å². The first-order chi connectivity index (χ1) is 6.08. The van der Waals surface area contributed by atoms with Crippen LogP contribution in [0.1, 0.15) is 46.5 Å². The Bertz CT molecular complexity index is 159. The van der Waals surface area contributed by atoms with Gasteiger partial charge in [0.2, 0.25) is 5.91 Å². The molecule has 13 heavy (non-hydrogen) atoms. The highest BCUT2D eigenvalue weighted by Gasteiger charge is 2.22. The zero-order chi connectivity index (χ0) is 10.3. The van der Waals surface area contributed by atoms with E-state index in [1.165, 1.54) is 0 Å². The number of hydrogen-bond donors (Lipinski definition) is 2. The van der Waals surface area contributed by atoms with E-state index in [0.29, 0.717) is 12.8 Å². The second-order valence-corrected chi connectivity index (χ2v) is 3.69.